The van der Waals surface area contributed by atoms with Crippen molar-refractivity contribution in [3.63, 3.8) is 0 Å². The molecule has 0 unspecified atom stereocenters. The Morgan fingerprint density at radius 3 is 2.74 bits per heavy atom. The second-order valence-corrected chi connectivity index (χ2v) is 8.59. The minimum absolute atomic E-state index is 0.449. The van der Waals surface area contributed by atoms with E-state index in [1.165, 1.54) is 31.4 Å². The van der Waals surface area contributed by atoms with Gasteiger partial charge in [0.2, 0.25) is 5.89 Å². The Labute approximate surface area is 164 Å². The quantitative estimate of drug-likeness (QED) is 0.580. The molecule has 0 bridgehead atoms. The second kappa shape index (κ2) is 8.30. The highest BCUT2D eigenvalue weighted by atomic mass is 32.2. The van der Waals surface area contributed by atoms with Gasteiger partial charge in [0.25, 0.3) is 0 Å². The van der Waals surface area contributed by atoms with E-state index in [9.17, 15) is 0 Å². The van der Waals surface area contributed by atoms with Crippen molar-refractivity contribution in [1.82, 2.24) is 19.7 Å². The van der Waals surface area contributed by atoms with E-state index >= 15 is 0 Å². The van der Waals surface area contributed by atoms with Gasteiger partial charge in [-0.3, -0.25) is 0 Å². The summed E-state index contributed by atoms with van der Waals surface area (Å²) in [6.07, 6.45) is 9.89. The average Bonchev–Trinajstić information content (AvgIpc) is 3.44. The Hall–Kier alpha value is -2.08. The molecule has 0 spiro atoms. The molecule has 0 N–H and O–H groups in total. The van der Waals surface area contributed by atoms with Gasteiger partial charge in [-0.15, -0.1) is 0 Å². The molecule has 27 heavy (non-hydrogen) atoms. The summed E-state index contributed by atoms with van der Waals surface area (Å²) in [6.45, 7) is 2.86. The number of benzene rings is 1. The number of hydrogen-bond acceptors (Lipinski definition) is 5. The number of rotatable bonds is 7. The third kappa shape index (κ3) is 4.10. The Bertz CT molecular complexity index is 867. The van der Waals surface area contributed by atoms with E-state index in [1.807, 2.05) is 24.2 Å². The summed E-state index contributed by atoms with van der Waals surface area (Å²) in [5.74, 6) is 2.00. The molecule has 0 saturated heterocycles. The van der Waals surface area contributed by atoms with Crippen LogP contribution in [0.3, 0.4) is 0 Å². The highest BCUT2D eigenvalue weighted by Crippen LogP contribution is 2.33. The summed E-state index contributed by atoms with van der Waals surface area (Å²) in [5, 5.41) is 4.75. The number of imidazole rings is 1. The second-order valence-electron chi connectivity index (χ2n) is 7.31. The Morgan fingerprint density at radius 1 is 1.22 bits per heavy atom. The summed E-state index contributed by atoms with van der Waals surface area (Å²) in [5.41, 5.74) is 3.44. The third-order valence-corrected chi connectivity index (χ3v) is 6.35. The molecule has 1 fully saturated rings. The van der Waals surface area contributed by atoms with E-state index in [-0.39, 0.29) is 0 Å². The van der Waals surface area contributed by atoms with Crippen LogP contribution in [-0.4, -0.2) is 31.2 Å². The van der Waals surface area contributed by atoms with Crippen LogP contribution >= 0.6 is 11.8 Å². The minimum Gasteiger partial charge on any atom is -0.339 e. The molecule has 1 aromatic carbocycles. The molecule has 0 aliphatic heterocycles. The van der Waals surface area contributed by atoms with Crippen molar-refractivity contribution < 1.29 is 4.52 Å². The van der Waals surface area contributed by atoms with Crippen molar-refractivity contribution >= 4 is 11.8 Å². The first kappa shape index (κ1) is 18.3. The van der Waals surface area contributed by atoms with Crippen LogP contribution in [0.1, 0.15) is 55.9 Å². The molecule has 1 atom stereocenters. The van der Waals surface area contributed by atoms with Crippen LogP contribution in [0.2, 0.25) is 0 Å². The molecule has 5 nitrogen and oxygen atoms in total. The van der Waals surface area contributed by atoms with Gasteiger partial charge in [-0.1, -0.05) is 55.3 Å². The maximum absolute atomic E-state index is 5.56. The lowest BCUT2D eigenvalue weighted by molar-refractivity contribution is 0.349. The van der Waals surface area contributed by atoms with Gasteiger partial charge in [0.1, 0.15) is 0 Å². The van der Waals surface area contributed by atoms with Crippen molar-refractivity contribution in [2.24, 2.45) is 0 Å². The largest absolute Gasteiger partial charge is 0.339 e. The molecule has 4 rings (SSSR count). The molecule has 1 aliphatic rings. The molecule has 3 aromatic rings. The molecule has 1 saturated carbocycles. The summed E-state index contributed by atoms with van der Waals surface area (Å²) in [4.78, 5) is 9.40. The Morgan fingerprint density at radius 2 is 2.00 bits per heavy atom. The Balaban J connectivity index is 1.61. The number of thioether (sulfide) groups is 1. The first-order chi connectivity index (χ1) is 13.2. The van der Waals surface area contributed by atoms with Gasteiger partial charge in [0.15, 0.2) is 5.82 Å². The summed E-state index contributed by atoms with van der Waals surface area (Å²) in [6, 6.07) is 10.4. The average molecular weight is 383 g/mol. The lowest BCUT2D eigenvalue weighted by atomic mass is 10.1. The lowest BCUT2D eigenvalue weighted by Gasteiger charge is -2.12. The fourth-order valence-electron chi connectivity index (χ4n) is 3.77. The maximum Gasteiger partial charge on any atom is 0.229 e. The van der Waals surface area contributed by atoms with E-state index < -0.39 is 0 Å². The molecule has 0 amide bonds. The number of hydrogen-bond donors (Lipinski definition) is 0. The van der Waals surface area contributed by atoms with Crippen LogP contribution in [0.15, 0.2) is 41.2 Å². The molecule has 6 heteroatoms. The molecule has 2 heterocycles. The standard InChI is InChI=1S/C21H26N4OS/c1-15(27-2)12-18-20(16-8-4-3-5-9-16)22-14-25(18)13-19-23-21(26-24-19)17-10-6-7-11-17/h3-5,8-9,14-15,17H,6-7,10-13H2,1-2H3/t15-/m0/s1. The van der Waals surface area contributed by atoms with Crippen molar-refractivity contribution in [3.05, 3.63) is 54.1 Å². The minimum atomic E-state index is 0.449. The Kier molecular flexibility index (Phi) is 5.62. The first-order valence-electron chi connectivity index (χ1n) is 9.69. The molecular formula is C21H26N4OS. The van der Waals surface area contributed by atoms with Crippen LogP contribution in [0.5, 0.6) is 0 Å². The van der Waals surface area contributed by atoms with E-state index in [1.54, 1.807) is 0 Å². The van der Waals surface area contributed by atoms with E-state index in [2.05, 4.69) is 52.2 Å². The molecule has 142 valence electrons. The molecule has 1 aliphatic carbocycles. The zero-order chi connectivity index (χ0) is 18.6. The maximum atomic E-state index is 5.56. The van der Waals surface area contributed by atoms with Gasteiger partial charge >= 0.3 is 0 Å². The van der Waals surface area contributed by atoms with Crippen LogP contribution in [0.4, 0.5) is 0 Å². The zero-order valence-corrected chi connectivity index (χ0v) is 16.8. The predicted octanol–water partition coefficient (Wildman–Crippen LogP) is 4.93. The smallest absolute Gasteiger partial charge is 0.229 e. The van der Waals surface area contributed by atoms with Gasteiger partial charge in [0, 0.05) is 28.8 Å². The summed E-state index contributed by atoms with van der Waals surface area (Å²) < 4.78 is 7.73. The summed E-state index contributed by atoms with van der Waals surface area (Å²) in [7, 11) is 0. The first-order valence-corrected chi connectivity index (χ1v) is 11.0. The highest BCUT2D eigenvalue weighted by molar-refractivity contribution is 7.99. The van der Waals surface area contributed by atoms with Crippen LogP contribution in [0, 0.1) is 0 Å². The van der Waals surface area contributed by atoms with Crippen molar-refractivity contribution in [1.29, 1.82) is 0 Å². The van der Waals surface area contributed by atoms with Gasteiger partial charge < -0.3 is 9.09 Å². The van der Waals surface area contributed by atoms with E-state index in [0.717, 1.165) is 29.4 Å². The fourth-order valence-corrected chi connectivity index (χ4v) is 4.10. The van der Waals surface area contributed by atoms with Gasteiger partial charge in [-0.05, 0) is 19.1 Å². The molecule has 2 aromatic heterocycles. The fraction of sp³-hybridized carbons (Fsp3) is 0.476. The molecular weight excluding hydrogens is 356 g/mol. The lowest BCUT2D eigenvalue weighted by Crippen LogP contribution is -2.10. The highest BCUT2D eigenvalue weighted by Gasteiger charge is 2.23. The number of nitrogens with zero attached hydrogens (tertiary/aromatic N) is 4. The summed E-state index contributed by atoms with van der Waals surface area (Å²) >= 11 is 1.87. The number of aromatic nitrogens is 4. The van der Waals surface area contributed by atoms with Crippen LogP contribution in [-0.2, 0) is 13.0 Å². The zero-order valence-electron chi connectivity index (χ0n) is 16.0. The molecule has 0 radical (unpaired) electrons. The SMILES string of the molecule is CS[C@@H](C)Cc1c(-c2ccccc2)ncn1Cc1noc(C2CCCC2)n1. The van der Waals surface area contributed by atoms with Crippen molar-refractivity contribution in [3.8, 4) is 11.3 Å². The van der Waals surface area contributed by atoms with Crippen molar-refractivity contribution in [2.45, 2.75) is 56.7 Å². The van der Waals surface area contributed by atoms with Gasteiger partial charge in [-0.2, -0.15) is 16.7 Å². The topological polar surface area (TPSA) is 56.7 Å². The predicted molar refractivity (Wildman–Crippen MR) is 109 cm³/mol. The van der Waals surface area contributed by atoms with Gasteiger partial charge in [-0.25, -0.2) is 4.98 Å². The van der Waals surface area contributed by atoms with E-state index in [4.69, 9.17) is 9.51 Å². The van der Waals surface area contributed by atoms with E-state index in [0.29, 0.717) is 17.7 Å². The van der Waals surface area contributed by atoms with Crippen LogP contribution < -0.4 is 0 Å². The normalized spacial score (nSPS) is 16.1. The van der Waals surface area contributed by atoms with Crippen LogP contribution in [0.25, 0.3) is 11.3 Å². The monoisotopic (exact) mass is 382 g/mol. The van der Waals surface area contributed by atoms with Gasteiger partial charge in [0.05, 0.1) is 18.6 Å². The van der Waals surface area contributed by atoms with Crippen molar-refractivity contribution in [2.75, 3.05) is 6.26 Å². The third-order valence-electron chi connectivity index (χ3n) is 5.38.